The first kappa shape index (κ1) is 37.2. The van der Waals surface area contributed by atoms with Crippen molar-refractivity contribution in [3.8, 4) is 0 Å². The molecule has 2 N–H and O–H groups in total. The maximum atomic E-state index is 13.0. The predicted octanol–water partition coefficient (Wildman–Crippen LogP) is 8.48. The number of hydrogen-bond acceptors (Lipinski definition) is 4. The van der Waals surface area contributed by atoms with E-state index in [-0.39, 0.29) is 31.1 Å². The van der Waals surface area contributed by atoms with Crippen LogP contribution in [0.2, 0.25) is 0 Å². The summed E-state index contributed by atoms with van der Waals surface area (Å²) in [6.45, 7) is 17.5. The normalized spacial score (nSPS) is 27.4. The molecule has 1 aliphatic heterocycles. The average molecular weight is 562 g/mol. The molecule has 0 aromatic rings. The zero-order valence-electron chi connectivity index (χ0n) is 25.4. The molecule has 1 heterocycles. The summed E-state index contributed by atoms with van der Waals surface area (Å²) in [6, 6.07) is 0.320. The molecule has 2 rings (SSSR count). The van der Waals surface area contributed by atoms with E-state index in [0.717, 1.165) is 43.2 Å². The SMILES string of the molecule is C.CC.CC/C=C\C=C/C(C)/C=C/C(=O)NCCCC(CC)C1(C)SC(=NC2CC(CCC)CC2C)NC1=O. The second-order valence-corrected chi connectivity index (χ2v) is 12.2. The molecule has 0 aromatic carbocycles. The highest BCUT2D eigenvalue weighted by atomic mass is 32.2. The topological polar surface area (TPSA) is 70.6 Å². The third-order valence-corrected chi connectivity index (χ3v) is 8.99. The lowest BCUT2D eigenvalue weighted by atomic mass is 9.86. The Kier molecular flexibility index (Phi) is 19.2. The van der Waals surface area contributed by atoms with Crippen LogP contribution < -0.4 is 10.6 Å². The molecule has 2 aliphatic rings. The van der Waals surface area contributed by atoms with Crippen molar-refractivity contribution in [1.82, 2.24) is 10.6 Å². The van der Waals surface area contributed by atoms with E-state index >= 15 is 0 Å². The summed E-state index contributed by atoms with van der Waals surface area (Å²) in [6.07, 6.45) is 20.3. The van der Waals surface area contributed by atoms with Gasteiger partial charge in [0, 0.05) is 6.54 Å². The Morgan fingerprint density at radius 1 is 1.21 bits per heavy atom. The van der Waals surface area contributed by atoms with Gasteiger partial charge in [-0.15, -0.1) is 0 Å². The number of carbonyl (C=O) groups excluding carboxylic acids is 2. The van der Waals surface area contributed by atoms with Crippen molar-refractivity contribution in [3.63, 3.8) is 0 Å². The number of thioether (sulfide) groups is 1. The number of nitrogens with zero attached hydrogens (tertiary/aromatic N) is 1. The van der Waals surface area contributed by atoms with Crippen LogP contribution in [0.15, 0.2) is 41.4 Å². The standard InChI is InChI=1S/C30H49N3O2S.C2H6.CH4/c1-7-10-11-12-15-22(4)17-18-27(34)31-19-13-16-25(9-3)30(6)28(35)33-29(36-30)32-26-21-24(14-8-2)20-23(26)5;1-2;/h10-12,15,17-18,22-26H,7-9,13-14,16,19-21H2,1-6H3,(H,31,34)(H,32,33,35);1-2H3;1H4/b11-10-,15-12-,18-17+;;. The zero-order valence-corrected chi connectivity index (χ0v) is 26.2. The van der Waals surface area contributed by atoms with Crippen molar-refractivity contribution in [1.29, 1.82) is 0 Å². The van der Waals surface area contributed by atoms with Crippen molar-refractivity contribution in [2.24, 2.45) is 28.7 Å². The van der Waals surface area contributed by atoms with Crippen LogP contribution in [0.5, 0.6) is 0 Å². The van der Waals surface area contributed by atoms with Crippen molar-refractivity contribution < 1.29 is 9.59 Å². The lowest BCUT2D eigenvalue weighted by Crippen LogP contribution is -2.40. The summed E-state index contributed by atoms with van der Waals surface area (Å²) in [5.41, 5.74) is 0. The van der Waals surface area contributed by atoms with Gasteiger partial charge in [0.25, 0.3) is 0 Å². The molecule has 6 unspecified atom stereocenters. The maximum absolute atomic E-state index is 13.0. The summed E-state index contributed by atoms with van der Waals surface area (Å²) in [5.74, 6) is 1.81. The molecule has 2 amide bonds. The summed E-state index contributed by atoms with van der Waals surface area (Å²) in [7, 11) is 0. The van der Waals surface area contributed by atoms with Gasteiger partial charge in [0.2, 0.25) is 11.8 Å². The lowest BCUT2D eigenvalue weighted by molar-refractivity contribution is -0.122. The van der Waals surface area contributed by atoms with Gasteiger partial charge < -0.3 is 10.6 Å². The predicted molar refractivity (Wildman–Crippen MR) is 173 cm³/mol. The molecule has 5 nitrogen and oxygen atoms in total. The van der Waals surface area contributed by atoms with Gasteiger partial charge in [-0.05, 0) is 68.8 Å². The number of allylic oxidation sites excluding steroid dienone is 5. The Balaban J connectivity index is 0.00000470. The highest BCUT2D eigenvalue weighted by Crippen LogP contribution is 2.43. The number of amides is 2. The fourth-order valence-corrected chi connectivity index (χ4v) is 6.72. The van der Waals surface area contributed by atoms with Gasteiger partial charge >= 0.3 is 0 Å². The molecular weight excluding hydrogens is 502 g/mol. The van der Waals surface area contributed by atoms with Crippen molar-refractivity contribution in [2.75, 3.05) is 6.54 Å². The molecule has 1 saturated carbocycles. The van der Waals surface area contributed by atoms with Crippen LogP contribution in [0.1, 0.15) is 114 Å². The van der Waals surface area contributed by atoms with Crippen LogP contribution >= 0.6 is 11.8 Å². The molecule has 2 fully saturated rings. The van der Waals surface area contributed by atoms with Crippen LogP contribution in [0.4, 0.5) is 0 Å². The molecule has 0 spiro atoms. The van der Waals surface area contributed by atoms with E-state index in [4.69, 9.17) is 4.99 Å². The minimum absolute atomic E-state index is 0. The van der Waals surface area contributed by atoms with Crippen molar-refractivity contribution in [2.45, 2.75) is 125 Å². The zero-order chi connectivity index (χ0) is 28.6. The van der Waals surface area contributed by atoms with E-state index < -0.39 is 4.75 Å². The number of carbonyl (C=O) groups is 2. The first-order valence-electron chi connectivity index (χ1n) is 15.1. The van der Waals surface area contributed by atoms with Crippen LogP contribution in [0, 0.1) is 23.7 Å². The van der Waals surface area contributed by atoms with Crippen LogP contribution in [-0.4, -0.2) is 34.3 Å². The number of nitrogens with one attached hydrogen (secondary N) is 2. The quantitative estimate of drug-likeness (QED) is 0.127. The first-order chi connectivity index (χ1) is 18.2. The molecular formula is C33H59N3O2S. The average Bonchev–Trinajstić information content (AvgIpc) is 3.39. The highest BCUT2D eigenvalue weighted by molar-refractivity contribution is 8.16. The number of amidine groups is 1. The lowest BCUT2D eigenvalue weighted by Gasteiger charge is -2.29. The van der Waals surface area contributed by atoms with Crippen molar-refractivity contribution >= 4 is 28.7 Å². The molecule has 0 aromatic heterocycles. The Hall–Kier alpha value is -1.82. The molecule has 224 valence electrons. The molecule has 6 atom stereocenters. The number of rotatable bonds is 14. The van der Waals surface area contributed by atoms with E-state index in [2.05, 4.69) is 64.3 Å². The van der Waals surface area contributed by atoms with E-state index in [9.17, 15) is 9.59 Å². The summed E-state index contributed by atoms with van der Waals surface area (Å²) >= 11 is 1.62. The molecule has 0 bridgehead atoms. The summed E-state index contributed by atoms with van der Waals surface area (Å²) in [5, 5.41) is 6.89. The van der Waals surface area contributed by atoms with Gasteiger partial charge in [-0.25, -0.2) is 0 Å². The molecule has 39 heavy (non-hydrogen) atoms. The van der Waals surface area contributed by atoms with Gasteiger partial charge in [0.15, 0.2) is 5.17 Å². The molecule has 0 radical (unpaired) electrons. The summed E-state index contributed by atoms with van der Waals surface area (Å²) < 4.78 is -0.504. The minimum atomic E-state index is -0.504. The maximum Gasteiger partial charge on any atom is 0.243 e. The Morgan fingerprint density at radius 3 is 2.56 bits per heavy atom. The summed E-state index contributed by atoms with van der Waals surface area (Å²) in [4.78, 5) is 30.2. The van der Waals surface area contributed by atoms with E-state index in [1.165, 1.54) is 19.3 Å². The monoisotopic (exact) mass is 561 g/mol. The second-order valence-electron chi connectivity index (χ2n) is 10.7. The van der Waals surface area contributed by atoms with Crippen molar-refractivity contribution in [3.05, 3.63) is 36.5 Å². The van der Waals surface area contributed by atoms with E-state index in [1.54, 1.807) is 17.8 Å². The van der Waals surface area contributed by atoms with Gasteiger partial charge in [-0.1, -0.05) is 117 Å². The van der Waals surface area contributed by atoms with Gasteiger partial charge in [-0.3, -0.25) is 14.6 Å². The van der Waals surface area contributed by atoms with Crippen LogP contribution in [0.3, 0.4) is 0 Å². The van der Waals surface area contributed by atoms with Crippen LogP contribution in [0.25, 0.3) is 0 Å². The molecule has 1 saturated heterocycles. The number of aliphatic imine (C=N–C) groups is 1. The van der Waals surface area contributed by atoms with E-state index in [1.807, 2.05) is 32.1 Å². The smallest absolute Gasteiger partial charge is 0.243 e. The van der Waals surface area contributed by atoms with Gasteiger partial charge in [0.1, 0.15) is 4.75 Å². The Bertz CT molecular complexity index is 835. The minimum Gasteiger partial charge on any atom is -0.353 e. The third-order valence-electron chi connectivity index (χ3n) is 7.65. The fraction of sp³-hybridized carbons (Fsp3) is 0.727. The number of hydrogen-bond donors (Lipinski definition) is 2. The molecule has 1 aliphatic carbocycles. The Labute approximate surface area is 245 Å². The highest BCUT2D eigenvalue weighted by Gasteiger charge is 2.48. The van der Waals surface area contributed by atoms with Gasteiger partial charge in [-0.2, -0.15) is 0 Å². The van der Waals surface area contributed by atoms with Crippen LogP contribution in [-0.2, 0) is 9.59 Å². The Morgan fingerprint density at radius 2 is 1.92 bits per heavy atom. The first-order valence-corrected chi connectivity index (χ1v) is 15.9. The van der Waals surface area contributed by atoms with E-state index in [0.29, 0.717) is 18.5 Å². The second kappa shape index (κ2) is 20.1. The fourth-order valence-electron chi connectivity index (χ4n) is 5.39. The third kappa shape index (κ3) is 12.5. The molecule has 6 heteroatoms. The van der Waals surface area contributed by atoms with Gasteiger partial charge in [0.05, 0.1) is 6.04 Å². The largest absolute Gasteiger partial charge is 0.353 e.